The van der Waals surface area contributed by atoms with Gasteiger partial charge in [-0.05, 0) is 104 Å². The van der Waals surface area contributed by atoms with Crippen LogP contribution in [0.4, 0.5) is 4.79 Å². The van der Waals surface area contributed by atoms with Crippen LogP contribution in [0, 0.1) is 44.8 Å². The van der Waals surface area contributed by atoms with E-state index in [2.05, 4.69) is 46.9 Å². The number of nitrogens with one attached hydrogen (secondary N) is 2. The number of carboxylic acids is 1. The average Bonchev–Trinajstić information content (AvgIpc) is 2.91. The molecule has 5 rings (SSSR count). The first-order chi connectivity index (χ1) is 19.9. The van der Waals surface area contributed by atoms with Gasteiger partial charge in [-0.2, -0.15) is 0 Å². The molecule has 43 heavy (non-hydrogen) atoms. The van der Waals surface area contributed by atoms with Crippen molar-refractivity contribution in [2.45, 2.75) is 131 Å². The van der Waals surface area contributed by atoms with E-state index < -0.39 is 23.5 Å². The van der Waals surface area contributed by atoms with Crippen molar-refractivity contribution in [3.8, 4) is 0 Å². The highest BCUT2D eigenvalue weighted by Crippen LogP contribution is 2.74. The summed E-state index contributed by atoms with van der Waals surface area (Å²) in [5.74, 6) is -1.06. The number of carboxylic acid groups (broad SMARTS) is 1. The smallest absolute Gasteiger partial charge is 0.338 e. The van der Waals surface area contributed by atoms with Gasteiger partial charge in [-0.1, -0.05) is 47.1 Å². The predicted molar refractivity (Wildman–Crippen MR) is 160 cm³/mol. The normalized spacial score (nSPS) is 44.8. The summed E-state index contributed by atoms with van der Waals surface area (Å²) in [6.45, 7) is 15.8. The minimum absolute atomic E-state index is 0.0529. The van der Waals surface area contributed by atoms with Gasteiger partial charge < -0.3 is 15.2 Å². The van der Waals surface area contributed by atoms with Gasteiger partial charge in [0.05, 0.1) is 12.8 Å². The fraction of sp³-hybridized carbons (Fsp3) is 0.824. The molecular formula is C34H52N2O7. The van der Waals surface area contributed by atoms with Crippen LogP contribution in [0.3, 0.4) is 0 Å². The lowest BCUT2D eigenvalue weighted by Crippen LogP contribution is -2.67. The number of amides is 2. The Kier molecular flexibility index (Phi) is 7.67. The zero-order chi connectivity index (χ0) is 31.8. The summed E-state index contributed by atoms with van der Waals surface area (Å²) in [7, 11) is 0. The predicted octanol–water partition coefficient (Wildman–Crippen LogP) is 6.18. The SMILES string of the molecule is CC1(C)[C@@H](OC(=O)CCC(=O)O)CC[C@]2(C)[C@H]3C(=O)C=C4[C@@H]5C[C@@](C)(NC(=O)NO)CC[C@]5(C)CC[C@@]4(C)[C@]3(C)CC[C@@H]12. The number of fused-ring (bicyclic) bond motifs is 7. The standard InChI is InChI=1S/C34H52N2O7/c1-29(2)23-10-13-34(7)27(32(23,5)12-11-24(29)43-26(40)9-8-25(38)39)22(37)18-20-21-19-31(4,35-28(41)36-42)16-14-30(21,3)15-17-33(20,34)6/h18,21,23-24,27,42H,8-17,19H2,1-7H3,(H,38,39)(H2,35,36,41)/t21-,23-,24-,27+,30+,31-,32-,33+,34+/m0/s1. The number of urea groups is 1. The number of ether oxygens (including phenoxy) is 1. The molecule has 4 fully saturated rings. The van der Waals surface area contributed by atoms with E-state index in [-0.39, 0.29) is 69.6 Å². The zero-order valence-corrected chi connectivity index (χ0v) is 27.1. The number of ketones is 1. The lowest BCUT2D eigenvalue weighted by Gasteiger charge is -2.70. The number of aliphatic carboxylic acids is 1. The maximum Gasteiger partial charge on any atom is 0.338 e. The lowest BCUT2D eigenvalue weighted by molar-refractivity contribution is -0.210. The Labute approximate surface area is 255 Å². The van der Waals surface area contributed by atoms with Crippen LogP contribution in [0.5, 0.6) is 0 Å². The highest BCUT2D eigenvalue weighted by molar-refractivity contribution is 5.95. The second-order valence-corrected chi connectivity index (χ2v) is 16.6. The Morgan fingerprint density at radius 2 is 1.60 bits per heavy atom. The fourth-order valence-corrected chi connectivity index (χ4v) is 11.2. The third-order valence-electron chi connectivity index (χ3n) is 13.8. The molecule has 5 aliphatic rings. The van der Waals surface area contributed by atoms with Gasteiger partial charge in [0.1, 0.15) is 6.10 Å². The zero-order valence-electron chi connectivity index (χ0n) is 27.1. The molecule has 0 radical (unpaired) electrons. The van der Waals surface area contributed by atoms with Crippen molar-refractivity contribution in [3.05, 3.63) is 11.6 Å². The molecule has 0 aromatic carbocycles. The molecule has 0 heterocycles. The van der Waals surface area contributed by atoms with Crippen LogP contribution in [0.2, 0.25) is 0 Å². The van der Waals surface area contributed by atoms with Crippen molar-refractivity contribution >= 4 is 23.8 Å². The Morgan fingerprint density at radius 1 is 0.930 bits per heavy atom. The third-order valence-corrected chi connectivity index (χ3v) is 13.8. The van der Waals surface area contributed by atoms with E-state index in [1.54, 1.807) is 5.48 Å². The van der Waals surface area contributed by atoms with E-state index >= 15 is 0 Å². The van der Waals surface area contributed by atoms with Crippen molar-refractivity contribution in [2.24, 2.45) is 44.8 Å². The van der Waals surface area contributed by atoms with Gasteiger partial charge in [0.2, 0.25) is 0 Å². The molecule has 5 aliphatic carbocycles. The Morgan fingerprint density at radius 3 is 2.26 bits per heavy atom. The average molecular weight is 601 g/mol. The maximum atomic E-state index is 14.5. The summed E-state index contributed by atoms with van der Waals surface area (Å²) in [6, 6.07) is -0.595. The van der Waals surface area contributed by atoms with E-state index in [1.807, 2.05) is 13.0 Å². The van der Waals surface area contributed by atoms with E-state index in [0.29, 0.717) is 6.42 Å². The number of rotatable bonds is 5. The van der Waals surface area contributed by atoms with Gasteiger partial charge in [-0.3, -0.25) is 19.6 Å². The van der Waals surface area contributed by atoms with Gasteiger partial charge in [0, 0.05) is 16.9 Å². The molecule has 0 aromatic heterocycles. The number of carbonyl (C=O) groups is 4. The van der Waals surface area contributed by atoms with E-state index in [1.165, 1.54) is 5.57 Å². The molecule has 0 spiro atoms. The van der Waals surface area contributed by atoms with Crippen LogP contribution in [-0.4, -0.2) is 45.7 Å². The second kappa shape index (κ2) is 10.3. The molecule has 0 aliphatic heterocycles. The number of hydrogen-bond donors (Lipinski definition) is 4. The second-order valence-electron chi connectivity index (χ2n) is 16.6. The molecule has 4 N–H and O–H groups in total. The Balaban J connectivity index is 1.47. The van der Waals surface area contributed by atoms with Crippen molar-refractivity contribution in [2.75, 3.05) is 0 Å². The summed E-state index contributed by atoms with van der Waals surface area (Å²) in [5.41, 5.74) is 1.55. The van der Waals surface area contributed by atoms with E-state index in [0.717, 1.165) is 51.4 Å². The number of esters is 1. The summed E-state index contributed by atoms with van der Waals surface area (Å²) in [4.78, 5) is 50.2. The highest BCUT2D eigenvalue weighted by Gasteiger charge is 2.70. The van der Waals surface area contributed by atoms with Crippen LogP contribution < -0.4 is 10.8 Å². The van der Waals surface area contributed by atoms with Crippen molar-refractivity contribution in [1.82, 2.24) is 10.8 Å². The monoisotopic (exact) mass is 600 g/mol. The van der Waals surface area contributed by atoms with Gasteiger partial charge in [-0.25, -0.2) is 10.3 Å². The molecule has 9 atom stereocenters. The third kappa shape index (κ3) is 4.83. The number of carbonyl (C=O) groups excluding carboxylic acids is 3. The minimum atomic E-state index is -1.01. The largest absolute Gasteiger partial charge is 0.481 e. The number of hydrogen-bond acceptors (Lipinski definition) is 6. The van der Waals surface area contributed by atoms with E-state index in [4.69, 9.17) is 9.84 Å². The topological polar surface area (TPSA) is 142 Å². The molecule has 0 bridgehead atoms. The Bertz CT molecular complexity index is 1240. The van der Waals surface area contributed by atoms with E-state index in [9.17, 15) is 24.4 Å². The van der Waals surface area contributed by atoms with Gasteiger partial charge in [0.15, 0.2) is 5.78 Å². The lowest BCUT2D eigenvalue weighted by atomic mass is 9.33. The van der Waals surface area contributed by atoms with Crippen molar-refractivity contribution in [3.63, 3.8) is 0 Å². The summed E-state index contributed by atoms with van der Waals surface area (Å²) < 4.78 is 5.92. The molecule has 0 saturated heterocycles. The fourth-order valence-electron chi connectivity index (χ4n) is 11.2. The van der Waals surface area contributed by atoms with Crippen LogP contribution >= 0.6 is 0 Å². The van der Waals surface area contributed by atoms with Gasteiger partial charge >= 0.3 is 18.0 Å². The molecule has 0 aromatic rings. The van der Waals surface area contributed by atoms with Crippen LogP contribution in [-0.2, 0) is 19.1 Å². The minimum Gasteiger partial charge on any atom is -0.481 e. The van der Waals surface area contributed by atoms with Gasteiger partial charge in [0.25, 0.3) is 0 Å². The van der Waals surface area contributed by atoms with Crippen LogP contribution in [0.15, 0.2) is 11.6 Å². The molecule has 4 saturated carbocycles. The van der Waals surface area contributed by atoms with Crippen LogP contribution in [0.1, 0.15) is 119 Å². The summed E-state index contributed by atoms with van der Waals surface area (Å²) in [6.07, 6.45) is 9.21. The first kappa shape index (κ1) is 32.0. The molecule has 0 unspecified atom stereocenters. The van der Waals surface area contributed by atoms with Crippen molar-refractivity contribution in [1.29, 1.82) is 0 Å². The summed E-state index contributed by atoms with van der Waals surface area (Å²) in [5, 5.41) is 21.2. The molecule has 9 heteroatoms. The highest BCUT2D eigenvalue weighted by atomic mass is 16.5. The van der Waals surface area contributed by atoms with Crippen molar-refractivity contribution < 1.29 is 34.2 Å². The number of allylic oxidation sites excluding steroid dienone is 2. The first-order valence-electron chi connectivity index (χ1n) is 16.2. The first-order valence-corrected chi connectivity index (χ1v) is 16.2. The Hall–Kier alpha value is -2.42. The number of hydroxylamine groups is 1. The maximum absolute atomic E-state index is 14.5. The summed E-state index contributed by atoms with van der Waals surface area (Å²) >= 11 is 0. The van der Waals surface area contributed by atoms with Crippen LogP contribution in [0.25, 0.3) is 0 Å². The van der Waals surface area contributed by atoms with Gasteiger partial charge in [-0.15, -0.1) is 0 Å². The quantitative estimate of drug-likeness (QED) is 0.168. The molecule has 2 amide bonds. The molecule has 9 nitrogen and oxygen atoms in total. The molecule has 240 valence electrons. The molecular weight excluding hydrogens is 548 g/mol.